The third-order valence-electron chi connectivity index (χ3n) is 4.86. The SMILES string of the molecule is Cc1cc([C@H]2CC[C@H](O)[C@@H](N(C)C(=O)OC(C)(C)C)C2)cc(C(F)(F)F)c1. The van der Waals surface area contributed by atoms with Crippen molar-refractivity contribution in [1.29, 1.82) is 0 Å². The summed E-state index contributed by atoms with van der Waals surface area (Å²) in [5.41, 5.74) is -0.192. The second kappa shape index (κ2) is 7.70. The van der Waals surface area contributed by atoms with Crippen molar-refractivity contribution in [3.63, 3.8) is 0 Å². The lowest BCUT2D eigenvalue weighted by molar-refractivity contribution is -0.137. The van der Waals surface area contributed by atoms with Gasteiger partial charge in [0, 0.05) is 7.05 Å². The third-order valence-corrected chi connectivity index (χ3v) is 4.86. The largest absolute Gasteiger partial charge is 0.444 e. The first-order valence-corrected chi connectivity index (χ1v) is 9.10. The van der Waals surface area contributed by atoms with E-state index in [1.807, 2.05) is 0 Å². The number of rotatable bonds is 2. The Morgan fingerprint density at radius 2 is 1.81 bits per heavy atom. The molecule has 0 bridgehead atoms. The smallest absolute Gasteiger partial charge is 0.416 e. The van der Waals surface area contributed by atoms with Crippen LogP contribution in [0.1, 0.15) is 62.6 Å². The van der Waals surface area contributed by atoms with Crippen molar-refractivity contribution in [2.45, 2.75) is 76.8 Å². The Hall–Kier alpha value is -1.76. The van der Waals surface area contributed by atoms with Crippen LogP contribution in [-0.2, 0) is 10.9 Å². The molecule has 0 aliphatic heterocycles. The number of amides is 1. The van der Waals surface area contributed by atoms with Crippen molar-refractivity contribution in [1.82, 2.24) is 4.90 Å². The van der Waals surface area contributed by atoms with Crippen LogP contribution >= 0.6 is 0 Å². The third kappa shape index (κ3) is 5.61. The van der Waals surface area contributed by atoms with Gasteiger partial charge in [0.15, 0.2) is 0 Å². The number of aryl methyl sites for hydroxylation is 1. The summed E-state index contributed by atoms with van der Waals surface area (Å²) >= 11 is 0. The zero-order chi connectivity index (χ0) is 20.6. The first-order chi connectivity index (χ1) is 12.3. The number of hydrogen-bond donors (Lipinski definition) is 1. The molecule has 1 aliphatic carbocycles. The summed E-state index contributed by atoms with van der Waals surface area (Å²) in [6.07, 6.45) is -4.31. The first kappa shape index (κ1) is 21.5. The normalized spacial score (nSPS) is 23.8. The summed E-state index contributed by atoms with van der Waals surface area (Å²) < 4.78 is 44.8. The van der Waals surface area contributed by atoms with Crippen LogP contribution in [0.4, 0.5) is 18.0 Å². The lowest BCUT2D eigenvalue weighted by Crippen LogP contribution is -2.49. The highest BCUT2D eigenvalue weighted by molar-refractivity contribution is 5.68. The molecular formula is C20H28F3NO3. The molecule has 1 N–H and O–H groups in total. The summed E-state index contributed by atoms with van der Waals surface area (Å²) in [5, 5.41) is 10.4. The molecule has 0 saturated heterocycles. The molecule has 1 aliphatic rings. The number of carbonyl (C=O) groups excluding carboxylic acids is 1. The molecule has 0 unspecified atom stereocenters. The summed E-state index contributed by atoms with van der Waals surface area (Å²) in [5.74, 6) is -0.163. The van der Waals surface area contributed by atoms with E-state index in [0.717, 1.165) is 6.07 Å². The van der Waals surface area contributed by atoms with Gasteiger partial charge in [0.25, 0.3) is 0 Å². The molecule has 1 aromatic rings. The molecule has 152 valence electrons. The van der Waals surface area contributed by atoms with Crippen LogP contribution in [0.15, 0.2) is 18.2 Å². The van der Waals surface area contributed by atoms with Crippen LogP contribution in [0, 0.1) is 6.92 Å². The van der Waals surface area contributed by atoms with E-state index < -0.39 is 35.6 Å². The maximum Gasteiger partial charge on any atom is 0.416 e. The molecule has 2 rings (SSSR count). The van der Waals surface area contributed by atoms with Crippen LogP contribution in [-0.4, -0.2) is 40.9 Å². The number of nitrogens with zero attached hydrogens (tertiary/aromatic N) is 1. The molecule has 4 nitrogen and oxygen atoms in total. The van der Waals surface area contributed by atoms with Gasteiger partial charge in [0.2, 0.25) is 0 Å². The van der Waals surface area contributed by atoms with Gasteiger partial charge in [-0.2, -0.15) is 13.2 Å². The van der Waals surface area contributed by atoms with Crippen LogP contribution in [0.2, 0.25) is 0 Å². The molecular weight excluding hydrogens is 359 g/mol. The Morgan fingerprint density at radius 1 is 1.19 bits per heavy atom. The lowest BCUT2D eigenvalue weighted by atomic mass is 9.78. The van der Waals surface area contributed by atoms with Crippen molar-refractivity contribution >= 4 is 6.09 Å². The molecule has 1 fully saturated rings. The van der Waals surface area contributed by atoms with E-state index in [1.54, 1.807) is 40.8 Å². The predicted molar refractivity (Wildman–Crippen MR) is 96.6 cm³/mol. The maximum absolute atomic E-state index is 13.1. The van der Waals surface area contributed by atoms with Gasteiger partial charge in [0.05, 0.1) is 17.7 Å². The number of alkyl halides is 3. The molecule has 0 spiro atoms. The highest BCUT2D eigenvalue weighted by Crippen LogP contribution is 2.38. The van der Waals surface area contributed by atoms with E-state index in [1.165, 1.54) is 11.0 Å². The first-order valence-electron chi connectivity index (χ1n) is 9.10. The fourth-order valence-electron chi connectivity index (χ4n) is 3.53. The molecule has 0 heterocycles. The molecule has 3 atom stereocenters. The average Bonchev–Trinajstić information content (AvgIpc) is 2.51. The number of aliphatic hydroxyl groups excluding tert-OH is 1. The van der Waals surface area contributed by atoms with Crippen LogP contribution in [0.5, 0.6) is 0 Å². The van der Waals surface area contributed by atoms with Crippen molar-refractivity contribution in [2.24, 2.45) is 0 Å². The van der Waals surface area contributed by atoms with Crippen LogP contribution in [0.25, 0.3) is 0 Å². The van der Waals surface area contributed by atoms with Crippen LogP contribution in [0.3, 0.4) is 0 Å². The number of ether oxygens (including phenoxy) is 1. The summed E-state index contributed by atoms with van der Waals surface area (Å²) in [6.45, 7) is 6.90. The molecule has 1 saturated carbocycles. The zero-order valence-corrected chi connectivity index (χ0v) is 16.4. The Kier molecular flexibility index (Phi) is 6.14. The molecule has 27 heavy (non-hydrogen) atoms. The Bertz CT molecular complexity index is 682. The summed E-state index contributed by atoms with van der Waals surface area (Å²) in [6, 6.07) is 3.56. The Balaban J connectivity index is 2.22. The van der Waals surface area contributed by atoms with Gasteiger partial charge in [-0.1, -0.05) is 11.6 Å². The van der Waals surface area contributed by atoms with E-state index in [9.17, 15) is 23.1 Å². The Morgan fingerprint density at radius 3 is 2.37 bits per heavy atom. The molecule has 0 aromatic heterocycles. The van der Waals surface area contributed by atoms with Gasteiger partial charge in [-0.25, -0.2) is 4.79 Å². The van der Waals surface area contributed by atoms with E-state index in [4.69, 9.17) is 4.74 Å². The van der Waals surface area contributed by atoms with Gasteiger partial charge in [-0.05, 0) is 70.6 Å². The maximum atomic E-state index is 13.1. The topological polar surface area (TPSA) is 49.8 Å². The number of likely N-dealkylation sites (N-methyl/N-ethyl adjacent to an activating group) is 1. The Labute approximate surface area is 158 Å². The zero-order valence-electron chi connectivity index (χ0n) is 16.4. The average molecular weight is 387 g/mol. The number of halogens is 3. The second-order valence-corrected chi connectivity index (χ2v) is 8.37. The van der Waals surface area contributed by atoms with Gasteiger partial charge in [0.1, 0.15) is 5.60 Å². The molecule has 7 heteroatoms. The van der Waals surface area contributed by atoms with Crippen molar-refractivity contribution in [3.8, 4) is 0 Å². The number of hydrogen-bond acceptors (Lipinski definition) is 3. The van der Waals surface area contributed by atoms with E-state index in [2.05, 4.69) is 0 Å². The fraction of sp³-hybridized carbons (Fsp3) is 0.650. The number of benzene rings is 1. The van der Waals surface area contributed by atoms with Gasteiger partial charge in [-0.15, -0.1) is 0 Å². The minimum absolute atomic E-state index is 0.163. The molecule has 1 aromatic carbocycles. The fourth-order valence-corrected chi connectivity index (χ4v) is 3.53. The number of carbonyl (C=O) groups is 1. The minimum atomic E-state index is -4.40. The second-order valence-electron chi connectivity index (χ2n) is 8.37. The van der Waals surface area contributed by atoms with Crippen LogP contribution < -0.4 is 0 Å². The molecule has 1 amide bonds. The van der Waals surface area contributed by atoms with E-state index in [0.29, 0.717) is 30.4 Å². The van der Waals surface area contributed by atoms with Gasteiger partial charge >= 0.3 is 12.3 Å². The summed E-state index contributed by atoms with van der Waals surface area (Å²) in [7, 11) is 1.56. The standard InChI is InChI=1S/C20H28F3NO3/c1-12-8-14(10-15(9-12)20(21,22)23)13-6-7-17(25)16(11-13)24(5)18(26)27-19(2,3)4/h8-10,13,16-17,25H,6-7,11H2,1-5H3/t13-,16-,17-/m0/s1. The van der Waals surface area contributed by atoms with Crippen molar-refractivity contribution in [2.75, 3.05) is 7.05 Å². The number of aliphatic hydroxyl groups is 1. The van der Waals surface area contributed by atoms with Gasteiger partial charge in [-0.3, -0.25) is 0 Å². The van der Waals surface area contributed by atoms with E-state index in [-0.39, 0.29) is 5.92 Å². The predicted octanol–water partition coefficient (Wildman–Crippen LogP) is 4.88. The monoisotopic (exact) mass is 387 g/mol. The van der Waals surface area contributed by atoms with Crippen molar-refractivity contribution < 1.29 is 27.8 Å². The minimum Gasteiger partial charge on any atom is -0.444 e. The lowest BCUT2D eigenvalue weighted by Gasteiger charge is -2.39. The van der Waals surface area contributed by atoms with E-state index >= 15 is 0 Å². The van der Waals surface area contributed by atoms with Gasteiger partial charge < -0.3 is 14.7 Å². The highest BCUT2D eigenvalue weighted by Gasteiger charge is 2.37. The van der Waals surface area contributed by atoms with Crippen molar-refractivity contribution in [3.05, 3.63) is 34.9 Å². The quantitative estimate of drug-likeness (QED) is 0.787. The highest BCUT2D eigenvalue weighted by atomic mass is 19.4. The summed E-state index contributed by atoms with van der Waals surface area (Å²) in [4.78, 5) is 13.7. The molecule has 0 radical (unpaired) electrons.